The third-order valence-electron chi connectivity index (χ3n) is 6.67. The highest BCUT2D eigenvalue weighted by Crippen LogP contribution is 2.47. The van der Waals surface area contributed by atoms with Gasteiger partial charge in [0, 0.05) is 41.8 Å². The highest BCUT2D eigenvalue weighted by Gasteiger charge is 2.36. The number of nitrogens with zero attached hydrogens (tertiary/aromatic N) is 3. The zero-order valence-electron chi connectivity index (χ0n) is 19.2. The first kappa shape index (κ1) is 21.8. The number of fused-ring (bicyclic) bond motifs is 5. The largest absolute Gasteiger partial charge is 0.493 e. The molecular weight excluding hydrogens is 464 g/mol. The average molecular weight is 489 g/mol. The van der Waals surface area contributed by atoms with Gasteiger partial charge in [-0.15, -0.1) is 17.8 Å². The molecule has 9 heteroatoms. The number of methoxy groups -OCH3 is 1. The van der Waals surface area contributed by atoms with E-state index in [1.165, 1.54) is 28.0 Å². The summed E-state index contributed by atoms with van der Waals surface area (Å²) < 4.78 is 23.0. The number of thiazole rings is 1. The Morgan fingerprint density at radius 1 is 1.31 bits per heavy atom. The summed E-state index contributed by atoms with van der Waals surface area (Å²) >= 11 is 1.49. The van der Waals surface area contributed by atoms with Gasteiger partial charge >= 0.3 is 0 Å². The second-order valence-electron chi connectivity index (χ2n) is 8.50. The summed E-state index contributed by atoms with van der Waals surface area (Å²) in [5.74, 6) is 5.58. The molecule has 1 unspecified atom stereocenters. The van der Waals surface area contributed by atoms with E-state index in [9.17, 15) is 0 Å². The average Bonchev–Trinajstić information content (AvgIpc) is 3.57. The van der Waals surface area contributed by atoms with Crippen molar-refractivity contribution in [3.05, 3.63) is 57.6 Å². The molecule has 3 aliphatic rings. The van der Waals surface area contributed by atoms with Crippen LogP contribution < -0.4 is 24.4 Å². The number of benzene rings is 2. The molecule has 8 nitrogen and oxygen atoms in total. The molecule has 1 atom stereocenters. The molecule has 0 saturated heterocycles. The number of nitrogens with one attached hydrogen (secondary N) is 1. The first-order valence-electron chi connectivity index (χ1n) is 11.4. The summed E-state index contributed by atoms with van der Waals surface area (Å²) in [6.45, 7) is 2.12. The topological polar surface area (TPSA) is 77.4 Å². The van der Waals surface area contributed by atoms with E-state index >= 15 is 0 Å². The van der Waals surface area contributed by atoms with Crippen LogP contribution in [0.4, 0.5) is 5.13 Å². The Kier molecular flexibility index (Phi) is 5.68. The second-order valence-corrected chi connectivity index (χ2v) is 9.39. The normalized spacial score (nSPS) is 17.9. The van der Waals surface area contributed by atoms with E-state index in [2.05, 4.69) is 38.5 Å². The SMILES string of the molecule is C#CCOc1c(OC)cc(/C=N/Nc2nccs2)c2c1CN1CCc3cc4c(cc3C1C2)OCO4. The number of rotatable bonds is 6. The Morgan fingerprint density at radius 2 is 2.20 bits per heavy atom. The zero-order valence-corrected chi connectivity index (χ0v) is 20.1. The molecule has 178 valence electrons. The Labute approximate surface area is 207 Å². The van der Waals surface area contributed by atoms with Gasteiger partial charge in [0.2, 0.25) is 11.9 Å². The third kappa shape index (κ3) is 3.95. The van der Waals surface area contributed by atoms with E-state index in [1.54, 1.807) is 13.3 Å². The Bertz CT molecular complexity index is 1330. The molecule has 6 rings (SSSR count). The first-order chi connectivity index (χ1) is 17.2. The van der Waals surface area contributed by atoms with Crippen LogP contribution in [0.3, 0.4) is 0 Å². The van der Waals surface area contributed by atoms with E-state index in [4.69, 9.17) is 25.4 Å². The molecule has 35 heavy (non-hydrogen) atoms. The van der Waals surface area contributed by atoms with Crippen LogP contribution >= 0.6 is 11.3 Å². The molecule has 1 aromatic heterocycles. The molecule has 0 fully saturated rings. The van der Waals surface area contributed by atoms with Crippen molar-refractivity contribution in [1.82, 2.24) is 9.88 Å². The molecule has 0 amide bonds. The number of ether oxygens (including phenoxy) is 4. The van der Waals surface area contributed by atoms with Gasteiger partial charge in [0.25, 0.3) is 0 Å². The molecule has 4 heterocycles. The van der Waals surface area contributed by atoms with Crippen LogP contribution in [0, 0.1) is 12.3 Å². The fourth-order valence-corrected chi connectivity index (χ4v) is 5.58. The van der Waals surface area contributed by atoms with E-state index in [-0.39, 0.29) is 19.4 Å². The van der Waals surface area contributed by atoms with Gasteiger partial charge in [0.05, 0.1) is 13.3 Å². The summed E-state index contributed by atoms with van der Waals surface area (Å²) in [5.41, 5.74) is 8.85. The predicted octanol–water partition coefficient (Wildman–Crippen LogP) is 3.99. The summed E-state index contributed by atoms with van der Waals surface area (Å²) in [4.78, 5) is 6.72. The molecule has 0 aliphatic carbocycles. The van der Waals surface area contributed by atoms with Gasteiger partial charge in [-0.3, -0.25) is 10.3 Å². The van der Waals surface area contributed by atoms with Gasteiger partial charge in [0.1, 0.15) is 6.61 Å². The van der Waals surface area contributed by atoms with E-state index in [1.807, 2.05) is 17.7 Å². The van der Waals surface area contributed by atoms with Crippen LogP contribution in [0.25, 0.3) is 0 Å². The summed E-state index contributed by atoms with van der Waals surface area (Å²) in [6.07, 6.45) is 10.8. The fourth-order valence-electron chi connectivity index (χ4n) is 5.10. The van der Waals surface area contributed by atoms with Crippen LogP contribution in [-0.2, 0) is 19.4 Å². The Balaban J connectivity index is 1.41. The van der Waals surface area contributed by atoms with Crippen molar-refractivity contribution >= 4 is 22.7 Å². The zero-order chi connectivity index (χ0) is 23.8. The van der Waals surface area contributed by atoms with Gasteiger partial charge in [-0.2, -0.15) is 5.10 Å². The van der Waals surface area contributed by atoms with Gasteiger partial charge < -0.3 is 18.9 Å². The van der Waals surface area contributed by atoms with Gasteiger partial charge in [-0.05, 0) is 47.7 Å². The van der Waals surface area contributed by atoms with E-state index in [0.29, 0.717) is 11.5 Å². The van der Waals surface area contributed by atoms with Crippen molar-refractivity contribution in [3.8, 4) is 35.3 Å². The Hall–Kier alpha value is -3.74. The van der Waals surface area contributed by atoms with Crippen molar-refractivity contribution in [2.45, 2.75) is 25.4 Å². The molecule has 0 radical (unpaired) electrons. The molecule has 3 aliphatic heterocycles. The van der Waals surface area contributed by atoms with Crippen molar-refractivity contribution in [2.75, 3.05) is 32.5 Å². The summed E-state index contributed by atoms with van der Waals surface area (Å²) in [7, 11) is 1.64. The predicted molar refractivity (Wildman–Crippen MR) is 134 cm³/mol. The van der Waals surface area contributed by atoms with E-state index in [0.717, 1.165) is 53.7 Å². The minimum Gasteiger partial charge on any atom is -0.493 e. The highest BCUT2D eigenvalue weighted by atomic mass is 32.1. The van der Waals surface area contributed by atoms with Crippen molar-refractivity contribution in [1.29, 1.82) is 0 Å². The Morgan fingerprint density at radius 3 is 3.00 bits per heavy atom. The molecular formula is C26H24N4O4S. The fraction of sp³-hybridized carbons (Fsp3) is 0.308. The quantitative estimate of drug-likeness (QED) is 0.319. The van der Waals surface area contributed by atoms with Crippen molar-refractivity contribution in [2.24, 2.45) is 5.10 Å². The number of hydrogen-bond donors (Lipinski definition) is 1. The van der Waals surface area contributed by atoms with Crippen LogP contribution in [-0.4, -0.2) is 43.2 Å². The summed E-state index contributed by atoms with van der Waals surface area (Å²) in [5, 5.41) is 7.09. The van der Waals surface area contributed by atoms with Crippen molar-refractivity contribution < 1.29 is 18.9 Å². The second kappa shape index (κ2) is 9.13. The molecule has 3 aromatic rings. The third-order valence-corrected chi connectivity index (χ3v) is 7.35. The van der Waals surface area contributed by atoms with Crippen LogP contribution in [0.2, 0.25) is 0 Å². The van der Waals surface area contributed by atoms with E-state index < -0.39 is 0 Å². The molecule has 0 bridgehead atoms. The highest BCUT2D eigenvalue weighted by molar-refractivity contribution is 7.13. The molecule has 0 spiro atoms. The number of aromatic nitrogens is 1. The smallest absolute Gasteiger partial charge is 0.231 e. The van der Waals surface area contributed by atoms with Crippen molar-refractivity contribution in [3.63, 3.8) is 0 Å². The maximum atomic E-state index is 6.01. The lowest BCUT2D eigenvalue weighted by atomic mass is 9.82. The van der Waals surface area contributed by atoms with Crippen LogP contribution in [0.15, 0.2) is 34.9 Å². The number of hydrogen-bond acceptors (Lipinski definition) is 9. The monoisotopic (exact) mass is 488 g/mol. The molecule has 2 aromatic carbocycles. The molecule has 1 N–H and O–H groups in total. The lowest BCUT2D eigenvalue weighted by Crippen LogP contribution is -2.40. The minimum atomic E-state index is 0.178. The number of terminal acetylenes is 1. The van der Waals surface area contributed by atoms with Gasteiger partial charge in [-0.1, -0.05) is 5.92 Å². The molecule has 0 saturated carbocycles. The number of hydrazone groups is 1. The maximum absolute atomic E-state index is 6.01. The van der Waals surface area contributed by atoms with Gasteiger partial charge in [0.15, 0.2) is 23.0 Å². The summed E-state index contributed by atoms with van der Waals surface area (Å²) in [6, 6.07) is 6.47. The lowest BCUT2D eigenvalue weighted by Gasteiger charge is -2.42. The maximum Gasteiger partial charge on any atom is 0.231 e. The number of anilines is 1. The van der Waals surface area contributed by atoms with Gasteiger partial charge in [-0.25, -0.2) is 4.98 Å². The first-order valence-corrected chi connectivity index (χ1v) is 12.3. The standard InChI is InChI=1S/C26H24N4O4S/c1-3-7-32-25-20-14-30-6-4-16-9-22-23(34-15-33-22)12-19(16)21(30)11-18(20)17(10-24(25)31-2)13-28-29-26-27-5-8-35-26/h1,5,8-10,12-13,21H,4,6-7,11,14-15H2,2H3,(H,27,29)/b28-13+. The lowest BCUT2D eigenvalue weighted by molar-refractivity contribution is 0.157. The van der Waals surface area contributed by atoms with Crippen LogP contribution in [0.1, 0.15) is 33.9 Å². The minimum absolute atomic E-state index is 0.178. The van der Waals surface area contributed by atoms with Crippen LogP contribution in [0.5, 0.6) is 23.0 Å².